The van der Waals surface area contributed by atoms with Gasteiger partial charge in [0.25, 0.3) is 0 Å². The number of hydrogen-bond donors (Lipinski definition) is 0. The van der Waals surface area contributed by atoms with Gasteiger partial charge in [-0.05, 0) is 25.2 Å². The van der Waals surface area contributed by atoms with Gasteiger partial charge in [0.1, 0.15) is 6.73 Å². The van der Waals surface area contributed by atoms with Crippen LogP contribution < -0.4 is 0 Å². The molecule has 17 heavy (non-hydrogen) atoms. The molecule has 0 fully saturated rings. The smallest absolute Gasteiger partial charge is 0.185 e. The van der Waals surface area contributed by atoms with E-state index >= 15 is 0 Å². The van der Waals surface area contributed by atoms with Crippen molar-refractivity contribution in [3.05, 3.63) is 35.9 Å². The topological polar surface area (TPSA) is 21.7 Å². The maximum atomic E-state index is 5.90. The summed E-state index contributed by atoms with van der Waals surface area (Å²) in [6, 6.07) is 10.4. The zero-order valence-electron chi connectivity index (χ0n) is 11.3. The lowest BCUT2D eigenvalue weighted by atomic mass is 10.2. The number of rotatable bonds is 7. The zero-order valence-corrected chi connectivity index (χ0v) is 12.3. The fraction of sp³-hybridized carbons (Fsp3) is 0.538. The quantitative estimate of drug-likeness (QED) is 0.551. The molecule has 0 spiro atoms. The van der Waals surface area contributed by atoms with Gasteiger partial charge >= 0.3 is 0 Å². The van der Waals surface area contributed by atoms with E-state index in [9.17, 15) is 0 Å². The predicted octanol–water partition coefficient (Wildman–Crippen LogP) is 2.90. The first-order valence-electron chi connectivity index (χ1n) is 5.90. The third-order valence-electron chi connectivity index (χ3n) is 2.24. The van der Waals surface area contributed by atoms with Crippen molar-refractivity contribution in [1.29, 1.82) is 0 Å². The van der Waals surface area contributed by atoms with Gasteiger partial charge in [-0.1, -0.05) is 30.3 Å². The third kappa shape index (κ3) is 6.58. The first-order valence-corrected chi connectivity index (χ1v) is 9.31. The van der Waals surface area contributed by atoms with Crippen LogP contribution >= 0.6 is 0 Å². The van der Waals surface area contributed by atoms with E-state index in [1.165, 1.54) is 5.56 Å². The van der Waals surface area contributed by atoms with Crippen molar-refractivity contribution in [2.24, 2.45) is 0 Å². The summed E-state index contributed by atoms with van der Waals surface area (Å²) in [6.07, 6.45) is 0. The van der Waals surface area contributed by atoms with Crippen molar-refractivity contribution < 1.29 is 9.16 Å². The molecule has 1 aromatic carbocycles. The Labute approximate surface area is 105 Å². The van der Waals surface area contributed by atoms with Gasteiger partial charge in [0.2, 0.25) is 0 Å². The molecular weight excluding hydrogens is 230 g/mol. The molecule has 0 aliphatic heterocycles. The van der Waals surface area contributed by atoms with Gasteiger partial charge in [0.05, 0.1) is 6.73 Å². The second-order valence-electron chi connectivity index (χ2n) is 5.12. The minimum atomic E-state index is -1.46. The van der Waals surface area contributed by atoms with Gasteiger partial charge in [-0.2, -0.15) is 0 Å². The van der Waals surface area contributed by atoms with Crippen molar-refractivity contribution in [2.45, 2.75) is 26.2 Å². The minimum absolute atomic E-state index is 0.597. The molecule has 0 aliphatic carbocycles. The Bertz CT molecular complexity index is 311. The molecule has 96 valence electrons. The van der Waals surface area contributed by atoms with E-state index in [4.69, 9.17) is 9.16 Å². The SMILES string of the molecule is COCN(CO[Si](C)(C)C)Cc1ccccc1. The molecule has 0 unspecified atom stereocenters. The van der Waals surface area contributed by atoms with Gasteiger partial charge in [-0.25, -0.2) is 0 Å². The van der Waals surface area contributed by atoms with Crippen LogP contribution in [0.3, 0.4) is 0 Å². The summed E-state index contributed by atoms with van der Waals surface area (Å²) >= 11 is 0. The highest BCUT2D eigenvalue weighted by atomic mass is 28.4. The molecule has 0 heterocycles. The van der Waals surface area contributed by atoms with Crippen LogP contribution in [0.1, 0.15) is 5.56 Å². The molecule has 4 heteroatoms. The molecule has 0 aliphatic rings. The lowest BCUT2D eigenvalue weighted by Crippen LogP contribution is -2.35. The van der Waals surface area contributed by atoms with Gasteiger partial charge in [-0.3, -0.25) is 4.90 Å². The number of methoxy groups -OCH3 is 1. The Morgan fingerprint density at radius 3 is 2.24 bits per heavy atom. The highest BCUT2D eigenvalue weighted by Gasteiger charge is 2.16. The molecule has 0 aromatic heterocycles. The van der Waals surface area contributed by atoms with E-state index < -0.39 is 8.32 Å². The maximum Gasteiger partial charge on any atom is 0.185 e. The van der Waals surface area contributed by atoms with Gasteiger partial charge in [0.15, 0.2) is 8.32 Å². The molecule has 0 bridgehead atoms. The summed E-state index contributed by atoms with van der Waals surface area (Å²) in [5, 5.41) is 0. The molecule has 0 radical (unpaired) electrons. The normalized spacial score (nSPS) is 12.1. The molecule has 0 atom stereocenters. The number of hydrogen-bond acceptors (Lipinski definition) is 3. The summed E-state index contributed by atoms with van der Waals surface area (Å²) in [5.74, 6) is 0. The van der Waals surface area contributed by atoms with Crippen LogP contribution in [0.25, 0.3) is 0 Å². The second kappa shape index (κ2) is 6.91. The summed E-state index contributed by atoms with van der Waals surface area (Å²) in [5.41, 5.74) is 1.28. The van der Waals surface area contributed by atoms with E-state index in [0.29, 0.717) is 13.5 Å². The molecule has 1 aromatic rings. The minimum Gasteiger partial charge on any atom is -0.405 e. The largest absolute Gasteiger partial charge is 0.405 e. The van der Waals surface area contributed by atoms with E-state index in [-0.39, 0.29) is 0 Å². The third-order valence-corrected chi connectivity index (χ3v) is 3.24. The molecular formula is C13H23NO2Si. The molecule has 0 saturated carbocycles. The first-order chi connectivity index (χ1) is 8.01. The van der Waals surface area contributed by atoms with Crippen LogP contribution in [-0.4, -0.2) is 33.8 Å². The van der Waals surface area contributed by atoms with Crippen LogP contribution in [0.5, 0.6) is 0 Å². The molecule has 0 amide bonds. The zero-order chi connectivity index (χ0) is 12.7. The van der Waals surface area contributed by atoms with Crippen molar-refractivity contribution in [2.75, 3.05) is 20.6 Å². The van der Waals surface area contributed by atoms with Crippen LogP contribution in [0.4, 0.5) is 0 Å². The van der Waals surface area contributed by atoms with Crippen molar-refractivity contribution in [1.82, 2.24) is 4.90 Å². The lowest BCUT2D eigenvalue weighted by Gasteiger charge is -2.26. The predicted molar refractivity (Wildman–Crippen MR) is 73.2 cm³/mol. The molecule has 1 rings (SSSR count). The highest BCUT2D eigenvalue weighted by Crippen LogP contribution is 2.08. The van der Waals surface area contributed by atoms with E-state index in [1.54, 1.807) is 7.11 Å². The van der Waals surface area contributed by atoms with Crippen molar-refractivity contribution in [3.8, 4) is 0 Å². The number of ether oxygens (including phenoxy) is 1. The summed E-state index contributed by atoms with van der Waals surface area (Å²) in [6.45, 7) is 8.68. The van der Waals surface area contributed by atoms with E-state index in [2.05, 4.69) is 48.8 Å². The van der Waals surface area contributed by atoms with Crippen LogP contribution in [0.2, 0.25) is 19.6 Å². The Kier molecular flexibility index (Phi) is 5.84. The summed E-state index contributed by atoms with van der Waals surface area (Å²) in [4.78, 5) is 2.16. The van der Waals surface area contributed by atoms with Crippen molar-refractivity contribution >= 4 is 8.32 Å². The number of benzene rings is 1. The van der Waals surface area contributed by atoms with Crippen LogP contribution in [0.15, 0.2) is 30.3 Å². The Balaban J connectivity index is 2.49. The average Bonchev–Trinajstić information content (AvgIpc) is 2.27. The van der Waals surface area contributed by atoms with Gasteiger partial charge < -0.3 is 9.16 Å². The first kappa shape index (κ1) is 14.4. The fourth-order valence-corrected chi connectivity index (χ4v) is 2.01. The van der Waals surface area contributed by atoms with Crippen molar-refractivity contribution in [3.63, 3.8) is 0 Å². The maximum absolute atomic E-state index is 5.90. The molecule has 0 N–H and O–H groups in total. The molecule has 0 saturated heterocycles. The fourth-order valence-electron chi connectivity index (χ4n) is 1.44. The monoisotopic (exact) mass is 253 g/mol. The van der Waals surface area contributed by atoms with Crippen LogP contribution in [0, 0.1) is 0 Å². The Hall–Kier alpha value is -0.683. The van der Waals surface area contributed by atoms with E-state index in [0.717, 1.165) is 6.54 Å². The lowest BCUT2D eigenvalue weighted by molar-refractivity contribution is 0.00649. The summed E-state index contributed by atoms with van der Waals surface area (Å²) in [7, 11) is 0.251. The Morgan fingerprint density at radius 2 is 1.71 bits per heavy atom. The average molecular weight is 253 g/mol. The van der Waals surface area contributed by atoms with Gasteiger partial charge in [0, 0.05) is 13.7 Å². The molecule has 3 nitrogen and oxygen atoms in total. The second-order valence-corrected chi connectivity index (χ2v) is 9.63. The van der Waals surface area contributed by atoms with E-state index in [1.807, 2.05) is 6.07 Å². The Morgan fingerprint density at radius 1 is 1.06 bits per heavy atom. The standard InChI is InChI=1S/C13H23NO2Si/c1-15-11-14(12-16-17(2,3)4)10-13-8-6-5-7-9-13/h5-9H,10-12H2,1-4H3. The summed E-state index contributed by atoms with van der Waals surface area (Å²) < 4.78 is 11.1. The van der Waals surface area contributed by atoms with Crippen LogP contribution in [-0.2, 0) is 15.7 Å². The number of nitrogens with zero attached hydrogens (tertiary/aromatic N) is 1. The van der Waals surface area contributed by atoms with Gasteiger partial charge in [-0.15, -0.1) is 0 Å². The highest BCUT2D eigenvalue weighted by molar-refractivity contribution is 6.69.